The van der Waals surface area contributed by atoms with Gasteiger partial charge in [-0.3, -0.25) is 19.3 Å². The van der Waals surface area contributed by atoms with Gasteiger partial charge in [0.2, 0.25) is 10.0 Å². The molecule has 1 fully saturated rings. The normalized spacial score (nSPS) is 16.0. The Morgan fingerprint density at radius 3 is 2.64 bits per heavy atom. The van der Waals surface area contributed by atoms with Gasteiger partial charge in [-0.15, -0.1) is 0 Å². The van der Waals surface area contributed by atoms with E-state index in [4.69, 9.17) is 0 Å². The van der Waals surface area contributed by atoms with E-state index >= 15 is 0 Å². The lowest BCUT2D eigenvalue weighted by Gasteiger charge is -2.26. The molecule has 2 heterocycles. The van der Waals surface area contributed by atoms with Crippen LogP contribution in [-0.2, 0) is 16.6 Å². The Hall–Kier alpha value is -2.06. The lowest BCUT2D eigenvalue weighted by Crippen LogP contribution is -2.32. The molecule has 2 N–H and O–H groups in total. The number of hydrogen-bond donors (Lipinski definition) is 2. The van der Waals surface area contributed by atoms with Crippen LogP contribution in [0.4, 0.5) is 5.69 Å². The lowest BCUT2D eigenvalue weighted by atomic mass is 10.1. The van der Waals surface area contributed by atoms with Crippen LogP contribution in [-0.4, -0.2) is 49.0 Å². The van der Waals surface area contributed by atoms with Crippen molar-refractivity contribution in [3.63, 3.8) is 0 Å². The minimum absolute atomic E-state index is 0.171. The highest BCUT2D eigenvalue weighted by molar-refractivity contribution is 7.92. The van der Waals surface area contributed by atoms with E-state index in [1.54, 1.807) is 30.5 Å². The minimum atomic E-state index is -3.35. The summed E-state index contributed by atoms with van der Waals surface area (Å²) in [7, 11) is -3.35. The molecule has 0 atom stereocenters. The molecule has 0 aliphatic carbocycles. The summed E-state index contributed by atoms with van der Waals surface area (Å²) in [6.07, 6.45) is 6.69. The Morgan fingerprint density at radius 2 is 1.92 bits per heavy atom. The van der Waals surface area contributed by atoms with Gasteiger partial charge in [-0.1, -0.05) is 18.6 Å². The number of piperidine rings is 1. The summed E-state index contributed by atoms with van der Waals surface area (Å²) in [6, 6.07) is 6.85. The molecule has 0 bridgehead atoms. The summed E-state index contributed by atoms with van der Waals surface area (Å²) in [6.45, 7) is 3.89. The number of benzene rings is 1. The molecular formula is C17H24N4O3S. The highest BCUT2D eigenvalue weighted by Crippen LogP contribution is 2.20. The second-order valence-corrected chi connectivity index (χ2v) is 8.28. The van der Waals surface area contributed by atoms with Crippen LogP contribution in [0.25, 0.3) is 11.1 Å². The summed E-state index contributed by atoms with van der Waals surface area (Å²) in [4.78, 5) is 14.7. The first-order chi connectivity index (χ1) is 11.9. The van der Waals surface area contributed by atoms with Gasteiger partial charge in [-0.05, 0) is 43.6 Å². The number of nitrogens with zero attached hydrogens (tertiary/aromatic N) is 2. The Bertz CT molecular complexity index is 879. The third-order valence-corrected chi connectivity index (χ3v) is 4.96. The molecular weight excluding hydrogens is 340 g/mol. The highest BCUT2D eigenvalue weighted by atomic mass is 32.2. The third kappa shape index (κ3) is 4.96. The van der Waals surface area contributed by atoms with Crippen molar-refractivity contribution in [2.24, 2.45) is 0 Å². The number of aromatic amines is 1. The smallest absolute Gasteiger partial charge is 0.271 e. The minimum Gasteiger partial charge on any atom is -0.302 e. The van der Waals surface area contributed by atoms with Crippen LogP contribution >= 0.6 is 0 Å². The third-order valence-electron chi connectivity index (χ3n) is 4.36. The first kappa shape index (κ1) is 17.8. The molecule has 2 aromatic rings. The number of aromatic nitrogens is 2. The Balaban J connectivity index is 1.73. The van der Waals surface area contributed by atoms with Gasteiger partial charge in [-0.2, -0.15) is 0 Å². The number of hydrogen-bond acceptors (Lipinski definition) is 4. The zero-order valence-electron chi connectivity index (χ0n) is 14.4. The van der Waals surface area contributed by atoms with Crippen LogP contribution < -0.4 is 10.3 Å². The van der Waals surface area contributed by atoms with E-state index in [9.17, 15) is 13.2 Å². The molecule has 7 nitrogen and oxygen atoms in total. The van der Waals surface area contributed by atoms with Gasteiger partial charge >= 0.3 is 0 Å². The number of sulfonamides is 1. The van der Waals surface area contributed by atoms with Crippen molar-refractivity contribution in [2.45, 2.75) is 25.8 Å². The topological polar surface area (TPSA) is 87.2 Å². The summed E-state index contributed by atoms with van der Waals surface area (Å²) in [5, 5.41) is 2.85. The fourth-order valence-electron chi connectivity index (χ4n) is 3.16. The van der Waals surface area contributed by atoms with E-state index in [1.807, 2.05) is 4.68 Å². The Labute approximate surface area is 147 Å². The summed E-state index contributed by atoms with van der Waals surface area (Å²) in [5.41, 5.74) is 1.50. The number of likely N-dealkylation sites (tertiary alicyclic amines) is 1. The van der Waals surface area contributed by atoms with Crippen molar-refractivity contribution in [3.05, 3.63) is 40.8 Å². The van der Waals surface area contributed by atoms with E-state index in [-0.39, 0.29) is 5.56 Å². The van der Waals surface area contributed by atoms with Crippen molar-refractivity contribution in [1.82, 2.24) is 14.7 Å². The molecule has 0 unspecified atom stereocenters. The molecule has 0 radical (unpaired) electrons. The average Bonchev–Trinajstić information content (AvgIpc) is 2.93. The predicted molar refractivity (Wildman–Crippen MR) is 99.2 cm³/mol. The van der Waals surface area contributed by atoms with Gasteiger partial charge in [0.15, 0.2) is 0 Å². The summed E-state index contributed by atoms with van der Waals surface area (Å²) in [5.74, 6) is 0. The van der Waals surface area contributed by atoms with E-state index in [1.165, 1.54) is 19.3 Å². The van der Waals surface area contributed by atoms with Gasteiger partial charge in [0.25, 0.3) is 5.56 Å². The molecule has 1 aromatic heterocycles. The summed E-state index contributed by atoms with van der Waals surface area (Å²) < 4.78 is 27.0. The Morgan fingerprint density at radius 1 is 1.16 bits per heavy atom. The quantitative estimate of drug-likeness (QED) is 0.817. The monoisotopic (exact) mass is 364 g/mol. The van der Waals surface area contributed by atoms with Crippen molar-refractivity contribution >= 4 is 15.7 Å². The zero-order valence-corrected chi connectivity index (χ0v) is 15.2. The predicted octanol–water partition coefficient (Wildman–Crippen LogP) is 1.70. The van der Waals surface area contributed by atoms with Gasteiger partial charge in [0.05, 0.1) is 18.4 Å². The maximum atomic E-state index is 12.3. The summed E-state index contributed by atoms with van der Waals surface area (Å²) >= 11 is 0. The molecule has 25 heavy (non-hydrogen) atoms. The first-order valence-electron chi connectivity index (χ1n) is 8.51. The molecule has 0 saturated carbocycles. The van der Waals surface area contributed by atoms with Crippen molar-refractivity contribution in [1.29, 1.82) is 0 Å². The van der Waals surface area contributed by atoms with E-state index in [0.29, 0.717) is 16.8 Å². The average molecular weight is 364 g/mol. The van der Waals surface area contributed by atoms with Gasteiger partial charge in [0, 0.05) is 18.4 Å². The van der Waals surface area contributed by atoms with E-state index in [0.717, 1.165) is 32.4 Å². The van der Waals surface area contributed by atoms with Gasteiger partial charge in [-0.25, -0.2) is 8.42 Å². The number of H-pyrrole nitrogens is 1. The van der Waals surface area contributed by atoms with E-state index in [2.05, 4.69) is 14.7 Å². The number of nitrogens with one attached hydrogen (secondary N) is 2. The highest BCUT2D eigenvalue weighted by Gasteiger charge is 2.12. The molecule has 3 rings (SSSR count). The van der Waals surface area contributed by atoms with Crippen molar-refractivity contribution in [3.8, 4) is 11.1 Å². The molecule has 1 aliphatic heterocycles. The SMILES string of the molecule is CS(=O)(=O)Nc1cccc(-c2cn(CCN3CCCCC3)[nH]c2=O)c1. The van der Waals surface area contributed by atoms with Crippen LogP contribution in [0.15, 0.2) is 35.3 Å². The molecule has 0 amide bonds. The van der Waals surface area contributed by atoms with Crippen molar-refractivity contribution < 1.29 is 8.42 Å². The molecule has 136 valence electrons. The lowest BCUT2D eigenvalue weighted by molar-refractivity contribution is 0.218. The molecule has 1 saturated heterocycles. The van der Waals surface area contributed by atoms with Crippen LogP contribution in [0, 0.1) is 0 Å². The fraction of sp³-hybridized carbons (Fsp3) is 0.471. The van der Waals surface area contributed by atoms with Gasteiger partial charge in [0.1, 0.15) is 0 Å². The number of anilines is 1. The van der Waals surface area contributed by atoms with E-state index < -0.39 is 10.0 Å². The Kier molecular flexibility index (Phi) is 5.29. The molecule has 1 aliphatic rings. The second-order valence-electron chi connectivity index (χ2n) is 6.53. The second kappa shape index (κ2) is 7.45. The zero-order chi connectivity index (χ0) is 17.9. The van der Waals surface area contributed by atoms with Crippen LogP contribution in [0.3, 0.4) is 0 Å². The molecule has 1 aromatic carbocycles. The first-order valence-corrected chi connectivity index (χ1v) is 10.4. The van der Waals surface area contributed by atoms with Crippen LogP contribution in [0.2, 0.25) is 0 Å². The maximum Gasteiger partial charge on any atom is 0.271 e. The van der Waals surface area contributed by atoms with Gasteiger partial charge < -0.3 is 4.90 Å². The fourth-order valence-corrected chi connectivity index (χ4v) is 3.72. The largest absolute Gasteiger partial charge is 0.302 e. The molecule has 8 heteroatoms. The van der Waals surface area contributed by atoms with Crippen LogP contribution in [0.1, 0.15) is 19.3 Å². The standard InChI is InChI=1S/C17H24N4O3S/c1-25(23,24)19-15-7-5-6-14(12-15)16-13-21(18-17(16)22)11-10-20-8-3-2-4-9-20/h5-7,12-13,19H,2-4,8-11H2,1H3,(H,18,22). The van der Waals surface area contributed by atoms with Crippen LogP contribution in [0.5, 0.6) is 0 Å². The van der Waals surface area contributed by atoms with Crippen molar-refractivity contribution in [2.75, 3.05) is 30.6 Å². The number of rotatable bonds is 6. The molecule has 0 spiro atoms. The maximum absolute atomic E-state index is 12.3.